The van der Waals surface area contributed by atoms with E-state index in [-0.39, 0.29) is 29.2 Å². The van der Waals surface area contributed by atoms with Crippen LogP contribution >= 0.6 is 11.6 Å². The fraction of sp³-hybridized carbons (Fsp3) is 0.261. The second-order valence-corrected chi connectivity index (χ2v) is 7.59. The van der Waals surface area contributed by atoms with Crippen molar-refractivity contribution in [3.63, 3.8) is 0 Å². The van der Waals surface area contributed by atoms with Gasteiger partial charge in [0.05, 0.1) is 12.1 Å². The summed E-state index contributed by atoms with van der Waals surface area (Å²) in [7, 11) is 0. The third-order valence-corrected chi connectivity index (χ3v) is 5.44. The number of fused-ring (bicyclic) bond motifs is 1. The first-order valence-electron chi connectivity index (χ1n) is 9.80. The van der Waals surface area contributed by atoms with Crippen molar-refractivity contribution in [1.29, 1.82) is 0 Å². The summed E-state index contributed by atoms with van der Waals surface area (Å²) in [6, 6.07) is 12.4. The number of ether oxygens (including phenoxy) is 3. The van der Waals surface area contributed by atoms with Crippen molar-refractivity contribution in [2.45, 2.75) is 26.5 Å². The number of Topliss-reactive ketones (excluding diaryl/α,β-unsaturated/α-hetero) is 1. The number of ketones is 1. The fourth-order valence-electron chi connectivity index (χ4n) is 3.55. The molecule has 0 N–H and O–H groups in total. The van der Waals surface area contributed by atoms with E-state index in [0.717, 1.165) is 17.1 Å². The highest BCUT2D eigenvalue weighted by molar-refractivity contribution is 6.32. The Balaban J connectivity index is 1.42. The number of rotatable bonds is 6. The van der Waals surface area contributed by atoms with Gasteiger partial charge in [-0.15, -0.1) is 0 Å². The summed E-state index contributed by atoms with van der Waals surface area (Å²) in [6.45, 7) is 4.34. The molecule has 3 heterocycles. The maximum absolute atomic E-state index is 12.7. The van der Waals surface area contributed by atoms with E-state index in [1.54, 1.807) is 12.1 Å². The molecule has 0 aliphatic carbocycles. The number of benzene rings is 1. The number of nitrogens with zero attached hydrogens (tertiary/aromatic N) is 2. The molecule has 31 heavy (non-hydrogen) atoms. The van der Waals surface area contributed by atoms with Gasteiger partial charge in [-0.3, -0.25) is 4.79 Å². The quantitative estimate of drug-likeness (QED) is 0.327. The lowest BCUT2D eigenvalue weighted by molar-refractivity contribution is 0.0474. The number of aryl methyl sites for hydroxylation is 1. The van der Waals surface area contributed by atoms with Gasteiger partial charge in [-0.25, -0.2) is 9.78 Å². The lowest BCUT2D eigenvalue weighted by Gasteiger charge is -2.27. The largest absolute Gasteiger partial charge is 0.486 e. The maximum atomic E-state index is 12.7. The highest BCUT2D eigenvalue weighted by atomic mass is 35.5. The smallest absolute Gasteiger partial charge is 0.341 e. The molecule has 3 aromatic rings. The van der Waals surface area contributed by atoms with Crippen molar-refractivity contribution in [3.8, 4) is 11.5 Å². The van der Waals surface area contributed by atoms with Gasteiger partial charge in [0.2, 0.25) is 5.78 Å². The van der Waals surface area contributed by atoms with Crippen LogP contribution in [0, 0.1) is 13.8 Å². The summed E-state index contributed by atoms with van der Waals surface area (Å²) in [5.74, 6) is 0.454. The molecule has 0 fully saturated rings. The summed E-state index contributed by atoms with van der Waals surface area (Å²) < 4.78 is 19.0. The van der Waals surface area contributed by atoms with Gasteiger partial charge >= 0.3 is 5.97 Å². The van der Waals surface area contributed by atoms with E-state index < -0.39 is 5.97 Å². The molecule has 1 aromatic carbocycles. The zero-order valence-corrected chi connectivity index (χ0v) is 17.9. The Kier molecular flexibility index (Phi) is 5.95. The van der Waals surface area contributed by atoms with Crippen LogP contribution in [-0.2, 0) is 11.3 Å². The Labute approximate surface area is 184 Å². The van der Waals surface area contributed by atoms with Crippen molar-refractivity contribution in [3.05, 3.63) is 76.3 Å². The van der Waals surface area contributed by atoms with Gasteiger partial charge in [-0.2, -0.15) is 0 Å². The number of carbonyl (C=O) groups is 2. The van der Waals surface area contributed by atoms with Crippen molar-refractivity contribution in [1.82, 2.24) is 9.55 Å². The van der Waals surface area contributed by atoms with Crippen LogP contribution in [0.3, 0.4) is 0 Å². The first-order valence-corrected chi connectivity index (χ1v) is 10.2. The Morgan fingerprint density at radius 1 is 1.16 bits per heavy atom. The molecular weight excluding hydrogens is 420 g/mol. The second kappa shape index (κ2) is 8.81. The van der Waals surface area contributed by atoms with Crippen LogP contribution in [-0.4, -0.2) is 40.6 Å². The van der Waals surface area contributed by atoms with Crippen LogP contribution < -0.4 is 9.47 Å². The second-order valence-electron chi connectivity index (χ2n) is 7.23. The van der Waals surface area contributed by atoms with Gasteiger partial charge in [0.1, 0.15) is 11.8 Å². The predicted octanol–water partition coefficient (Wildman–Crippen LogP) is 4.03. The van der Waals surface area contributed by atoms with Gasteiger partial charge in [-0.1, -0.05) is 23.7 Å². The third-order valence-electron chi connectivity index (χ3n) is 5.14. The minimum atomic E-state index is -0.688. The number of esters is 1. The number of pyridine rings is 1. The molecule has 0 bridgehead atoms. The number of hydrogen-bond acceptors (Lipinski definition) is 6. The lowest BCUT2D eigenvalue weighted by atomic mass is 10.1. The molecular formula is C23H21ClN2O5. The van der Waals surface area contributed by atoms with E-state index in [4.69, 9.17) is 25.8 Å². The monoisotopic (exact) mass is 440 g/mol. The molecule has 0 unspecified atom stereocenters. The van der Waals surface area contributed by atoms with Gasteiger partial charge in [0.15, 0.2) is 24.2 Å². The van der Waals surface area contributed by atoms with E-state index >= 15 is 0 Å². The molecule has 7 nitrogen and oxygen atoms in total. The van der Waals surface area contributed by atoms with Crippen LogP contribution in [0.2, 0.25) is 5.15 Å². The van der Waals surface area contributed by atoms with Crippen molar-refractivity contribution >= 4 is 23.4 Å². The number of para-hydroxylation sites is 2. The first-order chi connectivity index (χ1) is 14.9. The fourth-order valence-corrected chi connectivity index (χ4v) is 3.74. The van der Waals surface area contributed by atoms with E-state index in [1.165, 1.54) is 12.3 Å². The van der Waals surface area contributed by atoms with E-state index in [0.29, 0.717) is 24.5 Å². The van der Waals surface area contributed by atoms with Gasteiger partial charge < -0.3 is 18.8 Å². The Hall–Kier alpha value is -3.32. The molecule has 0 saturated carbocycles. The van der Waals surface area contributed by atoms with Crippen molar-refractivity contribution in [2.24, 2.45) is 0 Å². The van der Waals surface area contributed by atoms with Crippen molar-refractivity contribution in [2.75, 3.05) is 13.2 Å². The molecule has 160 valence electrons. The first kappa shape index (κ1) is 20.9. The molecule has 1 aliphatic heterocycles. The minimum absolute atomic E-state index is 0.0365. The Bertz CT molecular complexity index is 1140. The zero-order chi connectivity index (χ0) is 22.0. The lowest BCUT2D eigenvalue weighted by Crippen LogP contribution is -2.33. The third kappa shape index (κ3) is 4.41. The number of halogens is 1. The maximum Gasteiger partial charge on any atom is 0.341 e. The van der Waals surface area contributed by atoms with Crippen LogP contribution in [0.25, 0.3) is 0 Å². The molecule has 0 spiro atoms. The average Bonchev–Trinajstić information content (AvgIpc) is 3.06. The van der Waals surface area contributed by atoms with Crippen LogP contribution in [0.4, 0.5) is 0 Å². The molecule has 2 aromatic heterocycles. The van der Waals surface area contributed by atoms with Crippen LogP contribution in [0.15, 0.2) is 48.7 Å². The van der Waals surface area contributed by atoms with Gasteiger partial charge in [0.25, 0.3) is 0 Å². The van der Waals surface area contributed by atoms with Crippen molar-refractivity contribution < 1.29 is 23.8 Å². The summed E-state index contributed by atoms with van der Waals surface area (Å²) >= 11 is 5.90. The van der Waals surface area contributed by atoms with Crippen LogP contribution in [0.5, 0.6) is 11.5 Å². The predicted molar refractivity (Wildman–Crippen MR) is 114 cm³/mol. The average molecular weight is 441 g/mol. The van der Waals surface area contributed by atoms with E-state index in [1.807, 2.05) is 42.7 Å². The molecule has 1 atom stereocenters. The molecule has 0 amide bonds. The van der Waals surface area contributed by atoms with E-state index in [2.05, 4.69) is 4.98 Å². The molecule has 8 heteroatoms. The van der Waals surface area contributed by atoms with Gasteiger partial charge in [0, 0.05) is 23.1 Å². The standard InChI is InChI=1S/C23H21ClN2O5/c1-14-10-18(19(27)13-30-23(28)17-6-5-9-25-22(17)24)15(2)26(14)11-16-12-29-20-7-3-4-8-21(20)31-16/h3-10,16H,11-13H2,1-2H3/t16-/m0/s1. The van der Waals surface area contributed by atoms with Gasteiger partial charge in [-0.05, 0) is 44.2 Å². The summed E-state index contributed by atoms with van der Waals surface area (Å²) in [5.41, 5.74) is 2.31. The zero-order valence-electron chi connectivity index (χ0n) is 17.1. The number of hydrogen-bond donors (Lipinski definition) is 0. The highest BCUT2D eigenvalue weighted by Crippen LogP contribution is 2.31. The SMILES string of the molecule is Cc1cc(C(=O)COC(=O)c2cccnc2Cl)c(C)n1C[C@H]1COc2ccccc2O1. The number of carbonyl (C=O) groups excluding carboxylic acids is 2. The molecule has 0 saturated heterocycles. The summed E-state index contributed by atoms with van der Waals surface area (Å²) in [4.78, 5) is 28.7. The highest BCUT2D eigenvalue weighted by Gasteiger charge is 2.24. The Morgan fingerprint density at radius 2 is 1.94 bits per heavy atom. The molecule has 0 radical (unpaired) electrons. The molecule has 4 rings (SSSR count). The topological polar surface area (TPSA) is 79.7 Å². The number of aromatic nitrogens is 2. The minimum Gasteiger partial charge on any atom is -0.486 e. The Morgan fingerprint density at radius 3 is 2.71 bits per heavy atom. The van der Waals surface area contributed by atoms with E-state index in [9.17, 15) is 9.59 Å². The molecule has 1 aliphatic rings. The summed E-state index contributed by atoms with van der Waals surface area (Å²) in [5, 5.41) is 0.0365. The van der Waals surface area contributed by atoms with Crippen LogP contribution in [0.1, 0.15) is 32.1 Å². The summed E-state index contributed by atoms with van der Waals surface area (Å²) in [6.07, 6.45) is 1.28. The normalized spacial score (nSPS) is 14.9.